The molecule has 150 valence electrons. The van der Waals surface area contributed by atoms with Gasteiger partial charge in [0.1, 0.15) is 0 Å². The van der Waals surface area contributed by atoms with E-state index in [-0.39, 0.29) is 24.0 Å². The number of pyridine rings is 1. The molecule has 2 aromatic heterocycles. The van der Waals surface area contributed by atoms with Gasteiger partial charge in [-0.2, -0.15) is 13.2 Å². The fourth-order valence-electron chi connectivity index (χ4n) is 1.98. The second-order valence-corrected chi connectivity index (χ2v) is 6.15. The first-order valence-corrected chi connectivity index (χ1v) is 8.83. The van der Waals surface area contributed by atoms with Crippen LogP contribution in [0.25, 0.3) is 0 Å². The molecule has 2 aromatic rings. The molecule has 0 unspecified atom stereocenters. The van der Waals surface area contributed by atoms with Crippen molar-refractivity contribution in [2.24, 2.45) is 4.99 Å². The molecule has 0 fully saturated rings. The molecular weight excluding hydrogens is 494 g/mol. The minimum absolute atomic E-state index is 0. The highest BCUT2D eigenvalue weighted by Gasteiger charge is 2.33. The lowest BCUT2D eigenvalue weighted by atomic mass is 10.3. The number of hydrogen-bond donors (Lipinski definition) is 2. The molecule has 0 atom stereocenters. The van der Waals surface area contributed by atoms with Crippen LogP contribution in [-0.2, 0) is 19.1 Å². The second kappa shape index (κ2) is 11.3. The number of thiazole rings is 1. The summed E-state index contributed by atoms with van der Waals surface area (Å²) in [5.41, 5.74) is 0.0721. The molecule has 0 saturated heterocycles. The number of aliphatic imine (C=N–C) groups is 1. The summed E-state index contributed by atoms with van der Waals surface area (Å²) in [5.74, 6) is 1.11. The average Bonchev–Trinajstić information content (AvgIpc) is 3.09. The first-order valence-electron chi connectivity index (χ1n) is 7.95. The molecule has 6 nitrogen and oxygen atoms in total. The van der Waals surface area contributed by atoms with Crippen molar-refractivity contribution in [3.05, 3.63) is 40.0 Å². The Hall–Kier alpha value is -1.63. The van der Waals surface area contributed by atoms with Crippen LogP contribution in [0.2, 0.25) is 0 Å². The molecule has 0 spiro atoms. The SMILES string of the molecule is CCNC(=NCc1ccc(OC)nc1)NCCc1nc(C(F)(F)F)cs1.I. The molecule has 0 saturated carbocycles. The van der Waals surface area contributed by atoms with Gasteiger partial charge >= 0.3 is 6.18 Å². The fourth-order valence-corrected chi connectivity index (χ4v) is 2.79. The van der Waals surface area contributed by atoms with Crippen LogP contribution in [0.1, 0.15) is 23.2 Å². The molecule has 0 amide bonds. The number of hydrogen-bond acceptors (Lipinski definition) is 5. The summed E-state index contributed by atoms with van der Waals surface area (Å²) in [7, 11) is 1.55. The molecule has 0 aliphatic heterocycles. The predicted octanol–water partition coefficient (Wildman–Crippen LogP) is 3.48. The second-order valence-electron chi connectivity index (χ2n) is 5.20. The highest BCUT2D eigenvalue weighted by molar-refractivity contribution is 14.0. The van der Waals surface area contributed by atoms with Gasteiger partial charge in [-0.15, -0.1) is 35.3 Å². The zero-order valence-electron chi connectivity index (χ0n) is 14.8. The van der Waals surface area contributed by atoms with Crippen LogP contribution in [-0.4, -0.2) is 36.1 Å². The number of halogens is 4. The Morgan fingerprint density at radius 2 is 2.07 bits per heavy atom. The Balaban J connectivity index is 0.00000364. The van der Waals surface area contributed by atoms with E-state index in [2.05, 4.69) is 25.6 Å². The largest absolute Gasteiger partial charge is 0.481 e. The van der Waals surface area contributed by atoms with Gasteiger partial charge in [-0.3, -0.25) is 0 Å². The molecule has 0 aliphatic carbocycles. The molecule has 11 heteroatoms. The van der Waals surface area contributed by atoms with Gasteiger partial charge in [0.15, 0.2) is 11.7 Å². The highest BCUT2D eigenvalue weighted by atomic mass is 127. The van der Waals surface area contributed by atoms with Crippen molar-refractivity contribution in [3.8, 4) is 5.88 Å². The summed E-state index contributed by atoms with van der Waals surface area (Å²) in [6, 6.07) is 3.62. The monoisotopic (exact) mass is 515 g/mol. The summed E-state index contributed by atoms with van der Waals surface area (Å²) in [6.07, 6.45) is -2.33. The van der Waals surface area contributed by atoms with Crippen molar-refractivity contribution in [2.45, 2.75) is 26.1 Å². The van der Waals surface area contributed by atoms with Gasteiger partial charge in [-0.25, -0.2) is 15.0 Å². The lowest BCUT2D eigenvalue weighted by Gasteiger charge is -2.10. The maximum Gasteiger partial charge on any atom is 0.434 e. The van der Waals surface area contributed by atoms with Gasteiger partial charge < -0.3 is 15.4 Å². The summed E-state index contributed by atoms with van der Waals surface area (Å²) < 4.78 is 42.6. The third-order valence-corrected chi connectivity index (χ3v) is 4.15. The molecule has 2 N–H and O–H groups in total. The van der Waals surface area contributed by atoms with E-state index < -0.39 is 11.9 Å². The van der Waals surface area contributed by atoms with Crippen molar-refractivity contribution in [1.82, 2.24) is 20.6 Å². The minimum Gasteiger partial charge on any atom is -0.481 e. The zero-order chi connectivity index (χ0) is 19.0. The molecule has 2 heterocycles. The van der Waals surface area contributed by atoms with E-state index in [4.69, 9.17) is 4.74 Å². The Labute approximate surface area is 176 Å². The Kier molecular flexibility index (Phi) is 9.77. The van der Waals surface area contributed by atoms with Gasteiger partial charge in [-0.05, 0) is 12.5 Å². The zero-order valence-corrected chi connectivity index (χ0v) is 18.0. The van der Waals surface area contributed by atoms with Gasteiger partial charge in [0.05, 0.1) is 18.7 Å². The van der Waals surface area contributed by atoms with E-state index in [1.807, 2.05) is 13.0 Å². The van der Waals surface area contributed by atoms with Crippen molar-refractivity contribution in [3.63, 3.8) is 0 Å². The van der Waals surface area contributed by atoms with Crippen LogP contribution in [0.4, 0.5) is 13.2 Å². The molecule has 27 heavy (non-hydrogen) atoms. The predicted molar refractivity (Wildman–Crippen MR) is 110 cm³/mol. The summed E-state index contributed by atoms with van der Waals surface area (Å²) >= 11 is 1.00. The maximum absolute atomic E-state index is 12.5. The summed E-state index contributed by atoms with van der Waals surface area (Å²) in [5, 5.41) is 7.64. The molecule has 0 bridgehead atoms. The molecule has 2 rings (SSSR count). The maximum atomic E-state index is 12.5. The Bertz CT molecular complexity index is 722. The van der Waals surface area contributed by atoms with Crippen molar-refractivity contribution < 1.29 is 17.9 Å². The van der Waals surface area contributed by atoms with Crippen molar-refractivity contribution >= 4 is 41.3 Å². The fraction of sp³-hybridized carbons (Fsp3) is 0.438. The quantitative estimate of drug-likeness (QED) is 0.336. The molecule has 0 aliphatic rings. The van der Waals surface area contributed by atoms with E-state index in [0.717, 1.165) is 22.3 Å². The van der Waals surface area contributed by atoms with Gasteiger partial charge in [-0.1, -0.05) is 6.07 Å². The lowest BCUT2D eigenvalue weighted by Crippen LogP contribution is -2.38. The lowest BCUT2D eigenvalue weighted by molar-refractivity contribution is -0.140. The van der Waals surface area contributed by atoms with Gasteiger partial charge in [0.2, 0.25) is 5.88 Å². The van der Waals surface area contributed by atoms with Crippen LogP contribution >= 0.6 is 35.3 Å². The van der Waals surface area contributed by atoms with E-state index in [9.17, 15) is 13.2 Å². The standard InChI is InChI=1S/C16H20F3N5OS.HI/c1-3-20-15(23-9-11-4-5-13(25-2)22-8-11)21-7-6-14-24-12(10-26-14)16(17,18)19;/h4-5,8,10H,3,6-7,9H2,1-2H3,(H2,20,21,23);1H. The smallest absolute Gasteiger partial charge is 0.434 e. The highest BCUT2D eigenvalue weighted by Crippen LogP contribution is 2.29. The summed E-state index contributed by atoms with van der Waals surface area (Å²) in [6.45, 7) is 3.45. The third-order valence-electron chi connectivity index (χ3n) is 3.24. The third kappa shape index (κ3) is 7.87. The van der Waals surface area contributed by atoms with Crippen LogP contribution in [0.3, 0.4) is 0 Å². The topological polar surface area (TPSA) is 71.4 Å². The Morgan fingerprint density at radius 3 is 2.63 bits per heavy atom. The van der Waals surface area contributed by atoms with Gasteiger partial charge in [0, 0.05) is 37.2 Å². The number of ether oxygens (including phenoxy) is 1. The number of aromatic nitrogens is 2. The normalized spacial score (nSPS) is 11.7. The average molecular weight is 515 g/mol. The van der Waals surface area contributed by atoms with Crippen LogP contribution in [0.5, 0.6) is 5.88 Å². The van der Waals surface area contributed by atoms with E-state index in [1.165, 1.54) is 0 Å². The molecule has 0 radical (unpaired) electrons. The van der Waals surface area contributed by atoms with E-state index >= 15 is 0 Å². The first-order chi connectivity index (χ1) is 12.4. The van der Waals surface area contributed by atoms with E-state index in [1.54, 1.807) is 19.4 Å². The number of guanidine groups is 1. The number of nitrogens with one attached hydrogen (secondary N) is 2. The number of nitrogens with zero attached hydrogens (tertiary/aromatic N) is 3. The van der Waals surface area contributed by atoms with E-state index in [0.29, 0.717) is 42.9 Å². The minimum atomic E-state index is -4.40. The molecule has 0 aromatic carbocycles. The van der Waals surface area contributed by atoms with Crippen LogP contribution < -0.4 is 15.4 Å². The molecular formula is C16H21F3IN5OS. The van der Waals surface area contributed by atoms with Gasteiger partial charge in [0.25, 0.3) is 0 Å². The number of alkyl halides is 3. The number of methoxy groups -OCH3 is 1. The van der Waals surface area contributed by atoms with Crippen LogP contribution in [0, 0.1) is 0 Å². The Morgan fingerprint density at radius 1 is 1.30 bits per heavy atom. The number of rotatable bonds is 7. The van der Waals surface area contributed by atoms with Crippen LogP contribution in [0.15, 0.2) is 28.7 Å². The van der Waals surface area contributed by atoms with Crippen molar-refractivity contribution in [1.29, 1.82) is 0 Å². The summed E-state index contributed by atoms with van der Waals surface area (Å²) in [4.78, 5) is 12.2. The van der Waals surface area contributed by atoms with Crippen molar-refractivity contribution in [2.75, 3.05) is 20.2 Å². The first kappa shape index (κ1) is 23.4.